The summed E-state index contributed by atoms with van der Waals surface area (Å²) in [6.45, 7) is 5.33. The third-order valence-corrected chi connectivity index (χ3v) is 4.77. The van der Waals surface area contributed by atoms with Gasteiger partial charge in [0.05, 0.1) is 6.61 Å². The highest BCUT2D eigenvalue weighted by Crippen LogP contribution is 2.28. The second-order valence-corrected chi connectivity index (χ2v) is 6.88. The number of nitrogens with zero attached hydrogens (tertiary/aromatic N) is 3. The number of aliphatic imine (C=N–C) groups is 1. The third-order valence-electron chi connectivity index (χ3n) is 4.77. The highest BCUT2D eigenvalue weighted by atomic mass is 127. The number of hydrogen-bond donors (Lipinski definition) is 1. The van der Waals surface area contributed by atoms with Crippen molar-refractivity contribution in [2.75, 3.05) is 51.8 Å². The molecule has 1 N–H and O–H groups in total. The minimum absolute atomic E-state index is 0. The van der Waals surface area contributed by atoms with Crippen LogP contribution in [-0.4, -0.2) is 57.8 Å². The smallest absolute Gasteiger partial charge is 0.193 e. The van der Waals surface area contributed by atoms with Gasteiger partial charge in [0.1, 0.15) is 0 Å². The standard InChI is InChI=1S/C20H30N4O.HI/c1-21-20(23(2)13-14-25-16-18-5-6-18)22-15-17-7-9-19(10-8-17)24-11-3-4-12-24;/h3-4,7-10,18H,5-6,11-16H2,1-2H3,(H,21,22);1H. The van der Waals surface area contributed by atoms with Gasteiger partial charge in [-0.2, -0.15) is 0 Å². The number of ether oxygens (including phenoxy) is 1. The minimum atomic E-state index is 0. The summed E-state index contributed by atoms with van der Waals surface area (Å²) < 4.78 is 5.71. The molecule has 0 radical (unpaired) electrons. The number of guanidine groups is 1. The Labute approximate surface area is 174 Å². The van der Waals surface area contributed by atoms with Gasteiger partial charge in [-0.25, -0.2) is 0 Å². The Bertz CT molecular complexity index is 590. The van der Waals surface area contributed by atoms with E-state index in [1.54, 1.807) is 0 Å². The molecule has 5 nitrogen and oxygen atoms in total. The fourth-order valence-electron chi connectivity index (χ4n) is 2.92. The molecule has 1 aliphatic carbocycles. The van der Waals surface area contributed by atoms with Crippen LogP contribution in [0, 0.1) is 5.92 Å². The Kier molecular flexibility index (Phi) is 8.71. The lowest BCUT2D eigenvalue weighted by Crippen LogP contribution is -2.40. The lowest BCUT2D eigenvalue weighted by Gasteiger charge is -2.22. The van der Waals surface area contributed by atoms with Crippen molar-refractivity contribution in [3.8, 4) is 0 Å². The van der Waals surface area contributed by atoms with E-state index in [1.165, 1.54) is 24.1 Å². The van der Waals surface area contributed by atoms with Crippen molar-refractivity contribution in [2.45, 2.75) is 19.4 Å². The molecule has 1 heterocycles. The van der Waals surface area contributed by atoms with Crippen molar-refractivity contribution in [1.82, 2.24) is 10.2 Å². The van der Waals surface area contributed by atoms with Crippen molar-refractivity contribution in [2.24, 2.45) is 10.9 Å². The maximum absolute atomic E-state index is 5.71. The molecule has 0 spiro atoms. The third kappa shape index (κ3) is 6.46. The predicted octanol–water partition coefficient (Wildman–Crippen LogP) is 3.11. The summed E-state index contributed by atoms with van der Waals surface area (Å²) in [5.41, 5.74) is 2.54. The summed E-state index contributed by atoms with van der Waals surface area (Å²) in [5, 5.41) is 3.43. The maximum atomic E-state index is 5.71. The maximum Gasteiger partial charge on any atom is 0.193 e. The van der Waals surface area contributed by atoms with Crippen molar-refractivity contribution in [3.05, 3.63) is 42.0 Å². The van der Waals surface area contributed by atoms with E-state index in [1.807, 2.05) is 7.05 Å². The fourth-order valence-corrected chi connectivity index (χ4v) is 2.92. The molecular weight excluding hydrogens is 439 g/mol. The molecule has 1 aromatic rings. The van der Waals surface area contributed by atoms with E-state index < -0.39 is 0 Å². The highest BCUT2D eigenvalue weighted by Gasteiger charge is 2.21. The number of anilines is 1. The first-order valence-corrected chi connectivity index (χ1v) is 9.24. The van der Waals surface area contributed by atoms with E-state index in [9.17, 15) is 0 Å². The molecule has 1 fully saturated rings. The summed E-state index contributed by atoms with van der Waals surface area (Å²) in [7, 11) is 3.88. The van der Waals surface area contributed by atoms with Crippen molar-refractivity contribution in [3.63, 3.8) is 0 Å². The summed E-state index contributed by atoms with van der Waals surface area (Å²) in [4.78, 5) is 8.84. The molecule has 0 amide bonds. The van der Waals surface area contributed by atoms with Crippen LogP contribution in [0.3, 0.4) is 0 Å². The van der Waals surface area contributed by atoms with E-state index >= 15 is 0 Å². The second-order valence-electron chi connectivity index (χ2n) is 6.88. The van der Waals surface area contributed by atoms with Crippen LogP contribution >= 0.6 is 24.0 Å². The first-order chi connectivity index (χ1) is 12.3. The Hall–Kier alpha value is -1.28. The van der Waals surface area contributed by atoms with Crippen molar-refractivity contribution in [1.29, 1.82) is 0 Å². The molecule has 1 aliphatic heterocycles. The predicted molar refractivity (Wildman–Crippen MR) is 120 cm³/mol. The van der Waals surface area contributed by atoms with E-state index in [0.29, 0.717) is 0 Å². The largest absolute Gasteiger partial charge is 0.379 e. The van der Waals surface area contributed by atoms with Crippen LogP contribution in [0.15, 0.2) is 41.4 Å². The molecule has 0 aromatic heterocycles. The molecular formula is C20H31IN4O. The normalized spacial score (nSPS) is 16.5. The average Bonchev–Trinajstić information content (AvgIpc) is 3.30. The monoisotopic (exact) mass is 470 g/mol. The summed E-state index contributed by atoms with van der Waals surface area (Å²) in [5.74, 6) is 1.73. The first kappa shape index (κ1) is 21.0. The van der Waals surface area contributed by atoms with Crippen LogP contribution in [0.5, 0.6) is 0 Å². The zero-order chi connectivity index (χ0) is 17.5. The highest BCUT2D eigenvalue weighted by molar-refractivity contribution is 14.0. The van der Waals surface area contributed by atoms with Crippen LogP contribution in [0.2, 0.25) is 0 Å². The van der Waals surface area contributed by atoms with Gasteiger partial charge in [-0.1, -0.05) is 24.3 Å². The molecule has 0 bridgehead atoms. The van der Waals surface area contributed by atoms with E-state index in [4.69, 9.17) is 4.74 Å². The number of hydrogen-bond acceptors (Lipinski definition) is 3. The van der Waals surface area contributed by atoms with Gasteiger partial charge >= 0.3 is 0 Å². The number of nitrogens with one attached hydrogen (secondary N) is 1. The van der Waals surface area contributed by atoms with Gasteiger partial charge in [0.15, 0.2) is 5.96 Å². The molecule has 0 unspecified atom stereocenters. The molecule has 6 heteroatoms. The number of halogens is 1. The molecule has 3 rings (SSSR count). The molecule has 144 valence electrons. The van der Waals surface area contributed by atoms with E-state index in [2.05, 4.69) is 63.6 Å². The number of rotatable bonds is 8. The average molecular weight is 470 g/mol. The molecule has 0 saturated heterocycles. The lowest BCUT2D eigenvalue weighted by atomic mass is 10.2. The van der Waals surface area contributed by atoms with Gasteiger partial charge in [0.2, 0.25) is 0 Å². The Morgan fingerprint density at radius 1 is 1.23 bits per heavy atom. The molecule has 1 aromatic carbocycles. The minimum Gasteiger partial charge on any atom is -0.379 e. The van der Waals surface area contributed by atoms with E-state index in [-0.39, 0.29) is 24.0 Å². The van der Waals surface area contributed by atoms with Gasteiger partial charge in [0.25, 0.3) is 0 Å². The number of benzene rings is 1. The Morgan fingerprint density at radius 3 is 2.54 bits per heavy atom. The van der Waals surface area contributed by atoms with Crippen LogP contribution in [0.25, 0.3) is 0 Å². The van der Waals surface area contributed by atoms with Crippen molar-refractivity contribution < 1.29 is 4.74 Å². The Balaban J connectivity index is 0.00000243. The molecule has 1 saturated carbocycles. The molecule has 26 heavy (non-hydrogen) atoms. The number of likely N-dealkylation sites (N-methyl/N-ethyl adjacent to an activating group) is 1. The van der Waals surface area contributed by atoms with Gasteiger partial charge < -0.3 is 19.9 Å². The second kappa shape index (κ2) is 10.8. The molecule has 0 atom stereocenters. The van der Waals surface area contributed by atoms with Gasteiger partial charge in [-0.15, -0.1) is 24.0 Å². The fraction of sp³-hybridized carbons (Fsp3) is 0.550. The van der Waals surface area contributed by atoms with Crippen LogP contribution in [0.1, 0.15) is 18.4 Å². The zero-order valence-electron chi connectivity index (χ0n) is 15.9. The van der Waals surface area contributed by atoms with Crippen molar-refractivity contribution >= 4 is 35.6 Å². The SMILES string of the molecule is CN=C(NCc1ccc(N2CC=CC2)cc1)N(C)CCOCC1CC1.I. The Morgan fingerprint density at radius 2 is 1.92 bits per heavy atom. The van der Waals surface area contributed by atoms with E-state index in [0.717, 1.165) is 51.3 Å². The summed E-state index contributed by atoms with van der Waals surface area (Å²) in [6, 6.07) is 8.77. The van der Waals surface area contributed by atoms with Gasteiger partial charge in [-0.3, -0.25) is 4.99 Å². The van der Waals surface area contributed by atoms with Crippen LogP contribution < -0.4 is 10.2 Å². The van der Waals surface area contributed by atoms with Gasteiger partial charge in [-0.05, 0) is 36.5 Å². The first-order valence-electron chi connectivity index (χ1n) is 9.24. The molecule has 2 aliphatic rings. The zero-order valence-corrected chi connectivity index (χ0v) is 18.2. The topological polar surface area (TPSA) is 40.1 Å². The summed E-state index contributed by atoms with van der Waals surface area (Å²) >= 11 is 0. The van der Waals surface area contributed by atoms with Gasteiger partial charge in [0, 0.05) is 52.6 Å². The quantitative estimate of drug-likeness (QED) is 0.209. The summed E-state index contributed by atoms with van der Waals surface area (Å²) in [6.07, 6.45) is 7.10. The van der Waals surface area contributed by atoms with Crippen LogP contribution in [0.4, 0.5) is 5.69 Å². The lowest BCUT2D eigenvalue weighted by molar-refractivity contribution is 0.115. The van der Waals surface area contributed by atoms with Crippen LogP contribution in [-0.2, 0) is 11.3 Å².